The smallest absolute Gasteiger partial charge is 0.433 e. The fraction of sp³-hybridized carbons (Fsp3) is 0.429. The number of halogens is 3. The molecular formula is C28H31F3N6O2. The van der Waals surface area contributed by atoms with E-state index in [1.54, 1.807) is 29.0 Å². The van der Waals surface area contributed by atoms with Gasteiger partial charge >= 0.3 is 11.9 Å². The lowest BCUT2D eigenvalue weighted by Gasteiger charge is -2.30. The molecule has 2 aliphatic rings. The number of unbranched alkanes of at least 4 members (excludes halogenated alkanes) is 2. The number of anilines is 2. The van der Waals surface area contributed by atoms with Crippen molar-refractivity contribution in [2.45, 2.75) is 70.0 Å². The largest absolute Gasteiger partial charge is 0.450 e. The molecule has 1 aliphatic heterocycles. The van der Waals surface area contributed by atoms with Gasteiger partial charge in [-0.15, -0.1) is 0 Å². The maximum absolute atomic E-state index is 12.9. The summed E-state index contributed by atoms with van der Waals surface area (Å²) in [6, 6.07) is 7.61. The fourth-order valence-corrected chi connectivity index (χ4v) is 5.39. The van der Waals surface area contributed by atoms with Gasteiger partial charge in [0.2, 0.25) is 0 Å². The van der Waals surface area contributed by atoms with Gasteiger partial charge in [-0.05, 0) is 61.8 Å². The molecular weight excluding hydrogens is 509 g/mol. The van der Waals surface area contributed by atoms with Gasteiger partial charge in [-0.1, -0.05) is 31.4 Å². The van der Waals surface area contributed by atoms with Crippen LogP contribution in [0.25, 0.3) is 11.1 Å². The number of hydrogen-bond donors (Lipinski definition) is 3. The molecule has 11 heteroatoms. The summed E-state index contributed by atoms with van der Waals surface area (Å²) in [6.45, 7) is 0. The monoisotopic (exact) mass is 540 g/mol. The highest BCUT2D eigenvalue weighted by atomic mass is 19.4. The zero-order valence-electron chi connectivity index (χ0n) is 21.4. The molecule has 0 amide bonds. The van der Waals surface area contributed by atoms with Crippen molar-refractivity contribution in [3.05, 3.63) is 58.9 Å². The third-order valence-corrected chi connectivity index (χ3v) is 7.53. The Morgan fingerprint density at radius 2 is 1.85 bits per heavy atom. The Morgan fingerprint density at radius 3 is 2.54 bits per heavy atom. The van der Waals surface area contributed by atoms with Crippen molar-refractivity contribution in [1.82, 2.24) is 14.5 Å². The molecule has 4 N–H and O–H groups in total. The minimum absolute atomic E-state index is 0.0730. The Balaban J connectivity index is 1.22. The van der Waals surface area contributed by atoms with E-state index in [0.29, 0.717) is 46.5 Å². The predicted octanol–water partition coefficient (Wildman–Crippen LogP) is 6.79. The predicted molar refractivity (Wildman–Crippen MR) is 143 cm³/mol. The third-order valence-electron chi connectivity index (χ3n) is 7.53. The van der Waals surface area contributed by atoms with Crippen LogP contribution in [0.1, 0.15) is 69.5 Å². The summed E-state index contributed by atoms with van der Waals surface area (Å²) in [5, 5.41) is 10.4. The molecule has 8 nitrogen and oxygen atoms in total. The molecule has 0 bridgehead atoms. The van der Waals surface area contributed by atoms with E-state index in [1.165, 1.54) is 12.3 Å². The first kappa shape index (κ1) is 26.7. The number of alkyl halides is 3. The summed E-state index contributed by atoms with van der Waals surface area (Å²) in [5.41, 5.74) is 5.86. The molecule has 1 saturated carbocycles. The van der Waals surface area contributed by atoms with Crippen molar-refractivity contribution in [2.75, 3.05) is 5.32 Å². The lowest BCUT2D eigenvalue weighted by atomic mass is 9.83. The first-order valence-corrected chi connectivity index (χ1v) is 13.3. The third kappa shape index (κ3) is 6.23. The number of fused-ring (bicyclic) bond motifs is 2. The highest BCUT2D eigenvalue weighted by Crippen LogP contribution is 2.43. The fourth-order valence-electron chi connectivity index (χ4n) is 5.39. The topological polar surface area (TPSA) is 119 Å². The van der Waals surface area contributed by atoms with Crippen LogP contribution in [0.5, 0.6) is 11.5 Å². The molecule has 0 spiro atoms. The van der Waals surface area contributed by atoms with E-state index in [0.717, 1.165) is 57.4 Å². The van der Waals surface area contributed by atoms with Crippen LogP contribution in [0, 0.1) is 11.3 Å². The number of benzene rings is 1. The second-order valence-corrected chi connectivity index (χ2v) is 10.3. The van der Waals surface area contributed by atoms with Crippen molar-refractivity contribution >= 4 is 17.3 Å². The van der Waals surface area contributed by atoms with E-state index in [9.17, 15) is 18.0 Å². The number of amidine groups is 1. The minimum atomic E-state index is -4.50. The lowest BCUT2D eigenvalue weighted by Crippen LogP contribution is -2.30. The van der Waals surface area contributed by atoms with Crippen LogP contribution in [0.3, 0.4) is 0 Å². The zero-order chi connectivity index (χ0) is 27.6. The molecule has 1 aliphatic carbocycles. The van der Waals surface area contributed by atoms with E-state index >= 15 is 0 Å². The number of hydrogen-bond acceptors (Lipinski definition) is 6. The quantitative estimate of drug-likeness (QED) is 0.129. The molecule has 3 heterocycles. The summed E-state index contributed by atoms with van der Waals surface area (Å²) in [7, 11) is 0. The van der Waals surface area contributed by atoms with Gasteiger partial charge < -0.3 is 15.8 Å². The van der Waals surface area contributed by atoms with Crippen LogP contribution in [-0.4, -0.2) is 20.4 Å². The van der Waals surface area contributed by atoms with Gasteiger partial charge in [0.25, 0.3) is 0 Å². The average Bonchev–Trinajstić information content (AvgIpc) is 2.91. The van der Waals surface area contributed by atoms with E-state index < -0.39 is 11.9 Å². The molecule has 206 valence electrons. The number of ether oxygens (including phenoxy) is 1. The van der Waals surface area contributed by atoms with Crippen molar-refractivity contribution in [1.29, 1.82) is 5.41 Å². The van der Waals surface area contributed by atoms with Gasteiger partial charge in [0, 0.05) is 24.2 Å². The highest BCUT2D eigenvalue weighted by Gasteiger charge is 2.32. The molecule has 3 aromatic rings. The first-order chi connectivity index (χ1) is 18.7. The van der Waals surface area contributed by atoms with E-state index in [2.05, 4.69) is 15.3 Å². The number of nitrogens with two attached hydrogens (primary N) is 1. The number of pyridine rings is 1. The van der Waals surface area contributed by atoms with Crippen LogP contribution >= 0.6 is 0 Å². The summed E-state index contributed by atoms with van der Waals surface area (Å²) in [6.07, 6.45) is 7.37. The lowest BCUT2D eigenvalue weighted by molar-refractivity contribution is -0.141. The normalized spacial score (nSPS) is 18.4. The Kier molecular flexibility index (Phi) is 7.58. The van der Waals surface area contributed by atoms with Gasteiger partial charge in [0.05, 0.1) is 17.7 Å². The molecule has 0 unspecified atom stereocenters. The van der Waals surface area contributed by atoms with E-state index in [4.69, 9.17) is 15.9 Å². The summed E-state index contributed by atoms with van der Waals surface area (Å²) < 4.78 is 46.3. The number of aromatic nitrogens is 3. The molecule has 39 heavy (non-hydrogen) atoms. The van der Waals surface area contributed by atoms with Crippen LogP contribution in [0.2, 0.25) is 0 Å². The standard InChI is InChI=1S/C28H31F3N6O2/c29-28(30,31)24-13-9-19(15-34-24)18-8-12-22-21(14-18)35-26-23(39-22)16-37(27(38)36-26)20-10-6-17(7-11-20)4-2-1-3-5-25(32)33/h8-9,12-17,20H,1-7,10-11H2,(H3,32,33)(H,35,36,38). The van der Waals surface area contributed by atoms with Crippen LogP contribution in [0.15, 0.2) is 47.5 Å². The molecule has 5 rings (SSSR count). The maximum atomic E-state index is 12.9. The van der Waals surface area contributed by atoms with E-state index in [1.807, 2.05) is 0 Å². The molecule has 0 atom stereocenters. The SMILES string of the molecule is N=C(N)CCCCCC1CCC(n2cc3c(nc2=O)Nc2cc(-c4ccc(C(F)(F)F)nc4)ccc2O3)CC1. The summed E-state index contributed by atoms with van der Waals surface area (Å²) in [5.74, 6) is 2.21. The highest BCUT2D eigenvalue weighted by molar-refractivity contribution is 5.78. The number of nitrogens with zero attached hydrogens (tertiary/aromatic N) is 3. The number of nitrogens with one attached hydrogen (secondary N) is 2. The summed E-state index contributed by atoms with van der Waals surface area (Å²) in [4.78, 5) is 20.7. The molecule has 0 saturated heterocycles. The van der Waals surface area contributed by atoms with Crippen molar-refractivity contribution in [3.8, 4) is 22.6 Å². The van der Waals surface area contributed by atoms with Crippen LogP contribution in [0.4, 0.5) is 24.7 Å². The van der Waals surface area contributed by atoms with Gasteiger partial charge in [-0.3, -0.25) is 15.0 Å². The zero-order valence-corrected chi connectivity index (χ0v) is 21.4. The Hall–Kier alpha value is -3.89. The van der Waals surface area contributed by atoms with Gasteiger partial charge in [0.15, 0.2) is 17.3 Å². The summed E-state index contributed by atoms with van der Waals surface area (Å²) >= 11 is 0. The molecule has 1 fully saturated rings. The molecule has 0 radical (unpaired) electrons. The first-order valence-electron chi connectivity index (χ1n) is 13.3. The Bertz CT molecular complexity index is 1400. The van der Waals surface area contributed by atoms with Crippen molar-refractivity contribution < 1.29 is 17.9 Å². The van der Waals surface area contributed by atoms with Gasteiger partial charge in [-0.25, -0.2) is 4.79 Å². The average molecular weight is 541 g/mol. The van der Waals surface area contributed by atoms with Crippen LogP contribution < -0.4 is 21.5 Å². The van der Waals surface area contributed by atoms with Crippen molar-refractivity contribution in [3.63, 3.8) is 0 Å². The Labute approximate surface area is 223 Å². The van der Waals surface area contributed by atoms with Crippen LogP contribution in [-0.2, 0) is 6.18 Å². The maximum Gasteiger partial charge on any atom is 0.433 e. The molecule has 2 aromatic heterocycles. The van der Waals surface area contributed by atoms with Crippen molar-refractivity contribution in [2.24, 2.45) is 11.7 Å². The van der Waals surface area contributed by atoms with E-state index in [-0.39, 0.29) is 17.6 Å². The second kappa shape index (κ2) is 11.1. The number of rotatable bonds is 8. The van der Waals surface area contributed by atoms with Gasteiger partial charge in [-0.2, -0.15) is 18.2 Å². The second-order valence-electron chi connectivity index (χ2n) is 10.3. The Morgan fingerprint density at radius 1 is 1.08 bits per heavy atom. The van der Waals surface area contributed by atoms with Gasteiger partial charge in [0.1, 0.15) is 5.69 Å². The minimum Gasteiger partial charge on any atom is -0.450 e. The molecule has 1 aromatic carbocycles.